The molecule has 4 aromatic rings. The van der Waals surface area contributed by atoms with Gasteiger partial charge in [-0.1, -0.05) is 17.7 Å². The number of nitrogens with zero attached hydrogens (tertiary/aromatic N) is 2. The fraction of sp³-hybridized carbons (Fsp3) is 0.0952. The smallest absolute Gasteiger partial charge is 0.190 e. The van der Waals surface area contributed by atoms with E-state index in [1.165, 1.54) is 17.7 Å². The Balaban J connectivity index is 1.83. The van der Waals surface area contributed by atoms with E-state index < -0.39 is 0 Å². The van der Waals surface area contributed by atoms with Gasteiger partial charge in [0.25, 0.3) is 0 Å². The molecule has 3 nitrogen and oxygen atoms in total. The normalized spacial score (nSPS) is 11.8. The number of hydrogen-bond acceptors (Lipinski definition) is 3. The van der Waals surface area contributed by atoms with Crippen molar-refractivity contribution in [3.05, 3.63) is 94.2 Å². The summed E-state index contributed by atoms with van der Waals surface area (Å²) in [6.45, 7) is 2.62. The Morgan fingerprint density at radius 2 is 1.81 bits per heavy atom. The molecule has 0 aliphatic carbocycles. The summed E-state index contributed by atoms with van der Waals surface area (Å²) in [5.41, 5.74) is 4.03. The quantitative estimate of drug-likeness (QED) is 0.468. The molecule has 26 heavy (non-hydrogen) atoms. The van der Waals surface area contributed by atoms with E-state index in [0.717, 1.165) is 27.5 Å². The molecule has 0 amide bonds. The number of hydrogen-bond donors (Lipinski definition) is 0. The third-order valence-electron chi connectivity index (χ3n) is 4.09. The van der Waals surface area contributed by atoms with Crippen LogP contribution in [0.4, 0.5) is 10.1 Å². The lowest BCUT2D eigenvalue weighted by molar-refractivity contribution is 0.492. The highest BCUT2D eigenvalue weighted by Gasteiger charge is 2.10. The predicted molar refractivity (Wildman–Crippen MR) is 102 cm³/mol. The lowest BCUT2D eigenvalue weighted by atomic mass is 10.1. The largest absolute Gasteiger partial charge is 0.467 e. The van der Waals surface area contributed by atoms with Gasteiger partial charge in [-0.15, -0.1) is 11.3 Å². The van der Waals surface area contributed by atoms with Crippen molar-refractivity contribution in [1.82, 2.24) is 4.57 Å². The molecular formula is C21H17FN2OS. The van der Waals surface area contributed by atoms with Crippen LogP contribution in [0, 0.1) is 12.7 Å². The molecule has 0 fully saturated rings. The van der Waals surface area contributed by atoms with Crippen molar-refractivity contribution in [2.75, 3.05) is 0 Å². The third-order valence-corrected chi connectivity index (χ3v) is 4.95. The molecular weight excluding hydrogens is 347 g/mol. The van der Waals surface area contributed by atoms with Gasteiger partial charge in [0, 0.05) is 5.38 Å². The van der Waals surface area contributed by atoms with Crippen LogP contribution in [-0.2, 0) is 6.54 Å². The molecule has 5 heteroatoms. The maximum atomic E-state index is 13.3. The van der Waals surface area contributed by atoms with Crippen LogP contribution in [0.1, 0.15) is 11.3 Å². The third kappa shape index (κ3) is 3.53. The molecule has 4 rings (SSSR count). The summed E-state index contributed by atoms with van der Waals surface area (Å²) in [5.74, 6) is 0.600. The molecule has 2 aromatic carbocycles. The predicted octanol–water partition coefficient (Wildman–Crippen LogP) is 5.54. The van der Waals surface area contributed by atoms with Gasteiger partial charge in [0.2, 0.25) is 0 Å². The Hall–Kier alpha value is -2.92. The highest BCUT2D eigenvalue weighted by Crippen LogP contribution is 2.22. The van der Waals surface area contributed by atoms with E-state index >= 15 is 0 Å². The van der Waals surface area contributed by atoms with Crippen LogP contribution in [0.25, 0.3) is 11.3 Å². The number of thiazole rings is 1. The highest BCUT2D eigenvalue weighted by molar-refractivity contribution is 7.07. The second-order valence-electron chi connectivity index (χ2n) is 6.02. The van der Waals surface area contributed by atoms with Gasteiger partial charge in [0.1, 0.15) is 11.6 Å². The topological polar surface area (TPSA) is 30.4 Å². The minimum absolute atomic E-state index is 0.244. The first kappa shape index (κ1) is 16.5. The fourth-order valence-electron chi connectivity index (χ4n) is 2.71. The standard InChI is InChI=1S/C21H17FN2OS/c1-15-4-10-18(11-5-15)23-21-24(13-19-3-2-12-25-19)20(14-26-21)16-6-8-17(22)9-7-16/h2-12,14H,13H2,1H3. The van der Waals surface area contributed by atoms with Crippen molar-refractivity contribution in [3.63, 3.8) is 0 Å². The molecule has 0 N–H and O–H groups in total. The van der Waals surface area contributed by atoms with Crippen molar-refractivity contribution >= 4 is 17.0 Å². The molecule has 0 saturated heterocycles. The zero-order valence-electron chi connectivity index (χ0n) is 14.2. The van der Waals surface area contributed by atoms with E-state index in [0.29, 0.717) is 6.54 Å². The minimum Gasteiger partial charge on any atom is -0.467 e. The van der Waals surface area contributed by atoms with E-state index in [2.05, 4.69) is 11.5 Å². The summed E-state index contributed by atoms with van der Waals surface area (Å²) >= 11 is 1.56. The van der Waals surface area contributed by atoms with E-state index in [9.17, 15) is 4.39 Å². The Bertz CT molecular complexity index is 1060. The van der Waals surface area contributed by atoms with E-state index in [1.807, 2.05) is 41.8 Å². The van der Waals surface area contributed by atoms with Crippen LogP contribution in [0.5, 0.6) is 0 Å². The van der Waals surface area contributed by atoms with Crippen LogP contribution in [0.3, 0.4) is 0 Å². The van der Waals surface area contributed by atoms with Crippen LogP contribution in [0.15, 0.2) is 81.7 Å². The summed E-state index contributed by atoms with van der Waals surface area (Å²) < 4.78 is 20.9. The molecule has 0 aliphatic rings. The summed E-state index contributed by atoms with van der Waals surface area (Å²) in [4.78, 5) is 5.66. The molecule has 2 aromatic heterocycles. The molecule has 0 aliphatic heterocycles. The number of benzene rings is 2. The van der Waals surface area contributed by atoms with Crippen molar-refractivity contribution in [2.24, 2.45) is 4.99 Å². The second-order valence-corrected chi connectivity index (χ2v) is 6.86. The molecule has 0 unspecified atom stereocenters. The lowest BCUT2D eigenvalue weighted by Crippen LogP contribution is -2.16. The zero-order chi connectivity index (χ0) is 17.9. The van der Waals surface area contributed by atoms with E-state index in [-0.39, 0.29) is 5.82 Å². The van der Waals surface area contributed by atoms with Gasteiger partial charge in [-0.2, -0.15) is 0 Å². The molecule has 0 radical (unpaired) electrons. The zero-order valence-corrected chi connectivity index (χ0v) is 15.0. The number of furan rings is 1. The summed E-state index contributed by atoms with van der Waals surface area (Å²) in [6, 6.07) is 18.4. The summed E-state index contributed by atoms with van der Waals surface area (Å²) in [5, 5.41) is 2.04. The van der Waals surface area contributed by atoms with Crippen LogP contribution in [0.2, 0.25) is 0 Å². The van der Waals surface area contributed by atoms with Gasteiger partial charge in [0.15, 0.2) is 4.80 Å². The molecule has 2 heterocycles. The van der Waals surface area contributed by atoms with Gasteiger partial charge in [-0.25, -0.2) is 9.38 Å². The first-order valence-corrected chi connectivity index (χ1v) is 9.15. The maximum Gasteiger partial charge on any atom is 0.190 e. The molecule has 0 atom stereocenters. The first-order chi connectivity index (χ1) is 12.7. The van der Waals surface area contributed by atoms with Crippen LogP contribution in [-0.4, -0.2) is 4.57 Å². The Morgan fingerprint density at radius 1 is 1.04 bits per heavy atom. The Labute approximate surface area is 154 Å². The highest BCUT2D eigenvalue weighted by atomic mass is 32.1. The lowest BCUT2D eigenvalue weighted by Gasteiger charge is -2.08. The van der Waals surface area contributed by atoms with Gasteiger partial charge in [-0.05, 0) is 61.0 Å². The van der Waals surface area contributed by atoms with E-state index in [4.69, 9.17) is 9.41 Å². The van der Waals surface area contributed by atoms with Crippen molar-refractivity contribution in [1.29, 1.82) is 0 Å². The van der Waals surface area contributed by atoms with E-state index in [1.54, 1.807) is 29.7 Å². The maximum absolute atomic E-state index is 13.3. The van der Waals surface area contributed by atoms with Crippen molar-refractivity contribution < 1.29 is 8.81 Å². The first-order valence-electron chi connectivity index (χ1n) is 8.27. The number of aryl methyl sites for hydroxylation is 1. The molecule has 0 saturated carbocycles. The van der Waals surface area contributed by atoms with Crippen molar-refractivity contribution in [2.45, 2.75) is 13.5 Å². The summed E-state index contributed by atoms with van der Waals surface area (Å²) in [7, 11) is 0. The SMILES string of the molecule is Cc1ccc(N=c2scc(-c3ccc(F)cc3)n2Cc2ccco2)cc1. The second kappa shape index (κ2) is 7.14. The Morgan fingerprint density at radius 3 is 2.50 bits per heavy atom. The van der Waals surface area contributed by atoms with Gasteiger partial charge >= 0.3 is 0 Å². The molecule has 0 bridgehead atoms. The van der Waals surface area contributed by atoms with Gasteiger partial charge < -0.3 is 8.98 Å². The summed E-state index contributed by atoms with van der Waals surface area (Å²) in [6.07, 6.45) is 1.66. The number of rotatable bonds is 4. The Kier molecular flexibility index (Phi) is 4.54. The monoisotopic (exact) mass is 364 g/mol. The minimum atomic E-state index is -0.244. The number of aromatic nitrogens is 1. The van der Waals surface area contributed by atoms with Gasteiger partial charge in [-0.3, -0.25) is 0 Å². The van der Waals surface area contributed by atoms with Crippen LogP contribution < -0.4 is 4.80 Å². The van der Waals surface area contributed by atoms with Gasteiger partial charge in [0.05, 0.1) is 24.2 Å². The average molecular weight is 364 g/mol. The molecule has 0 spiro atoms. The van der Waals surface area contributed by atoms with Crippen LogP contribution >= 0.6 is 11.3 Å². The fourth-order valence-corrected chi connectivity index (χ4v) is 3.64. The molecule has 130 valence electrons. The van der Waals surface area contributed by atoms with Crippen molar-refractivity contribution in [3.8, 4) is 11.3 Å². The average Bonchev–Trinajstić information content (AvgIpc) is 3.29. The number of halogens is 1.